The minimum Gasteiger partial charge on any atom is -0.504 e. The van der Waals surface area contributed by atoms with Crippen molar-refractivity contribution in [1.82, 2.24) is 4.90 Å². The Morgan fingerprint density at radius 3 is 2.50 bits per heavy atom. The van der Waals surface area contributed by atoms with Crippen LogP contribution < -0.4 is 4.74 Å². The van der Waals surface area contributed by atoms with Crippen LogP contribution in [0.3, 0.4) is 0 Å². The maximum Gasteiger partial charge on any atom is 0.160 e. The van der Waals surface area contributed by atoms with Crippen LogP contribution in [-0.4, -0.2) is 30.2 Å². The molecule has 2 rings (SSSR count). The monoisotopic (exact) mass is 249 g/mol. The van der Waals surface area contributed by atoms with Crippen molar-refractivity contribution in [3.05, 3.63) is 23.8 Å². The van der Waals surface area contributed by atoms with Gasteiger partial charge in [0, 0.05) is 6.54 Å². The van der Waals surface area contributed by atoms with Crippen molar-refractivity contribution in [3.8, 4) is 11.5 Å². The zero-order valence-corrected chi connectivity index (χ0v) is 11.6. The molecule has 0 aromatic heterocycles. The zero-order chi connectivity index (χ0) is 13.2. The predicted octanol–water partition coefficient (Wildman–Crippen LogP) is 3.02. The van der Waals surface area contributed by atoms with E-state index >= 15 is 0 Å². The van der Waals surface area contributed by atoms with Gasteiger partial charge in [-0.15, -0.1) is 0 Å². The van der Waals surface area contributed by atoms with E-state index in [9.17, 15) is 5.11 Å². The van der Waals surface area contributed by atoms with Crippen molar-refractivity contribution in [2.24, 2.45) is 5.41 Å². The van der Waals surface area contributed by atoms with E-state index in [-0.39, 0.29) is 5.75 Å². The first kappa shape index (κ1) is 13.2. The highest BCUT2D eigenvalue weighted by Crippen LogP contribution is 2.31. The van der Waals surface area contributed by atoms with Gasteiger partial charge in [-0.1, -0.05) is 19.9 Å². The first-order valence-corrected chi connectivity index (χ1v) is 6.58. The molecule has 1 aliphatic heterocycles. The van der Waals surface area contributed by atoms with E-state index in [2.05, 4.69) is 18.7 Å². The van der Waals surface area contributed by atoms with Crippen LogP contribution in [-0.2, 0) is 6.54 Å². The molecule has 100 valence electrons. The lowest BCUT2D eigenvalue weighted by Crippen LogP contribution is -2.36. The van der Waals surface area contributed by atoms with E-state index in [0.29, 0.717) is 11.2 Å². The van der Waals surface area contributed by atoms with Crippen molar-refractivity contribution >= 4 is 0 Å². The molecule has 0 aliphatic carbocycles. The summed E-state index contributed by atoms with van der Waals surface area (Å²) in [5, 5.41) is 9.76. The first-order chi connectivity index (χ1) is 8.50. The Bertz CT molecular complexity index is 405. The van der Waals surface area contributed by atoms with Gasteiger partial charge in [0.05, 0.1) is 7.11 Å². The van der Waals surface area contributed by atoms with Crippen molar-refractivity contribution in [2.75, 3.05) is 20.2 Å². The number of phenols is 1. The summed E-state index contributed by atoms with van der Waals surface area (Å²) in [6.07, 6.45) is 2.49. The van der Waals surface area contributed by atoms with E-state index in [1.165, 1.54) is 12.8 Å². The number of hydrogen-bond acceptors (Lipinski definition) is 3. The average Bonchev–Trinajstić information content (AvgIpc) is 2.32. The molecule has 1 saturated heterocycles. The fourth-order valence-electron chi connectivity index (χ4n) is 2.41. The fourth-order valence-corrected chi connectivity index (χ4v) is 2.41. The van der Waals surface area contributed by atoms with Crippen molar-refractivity contribution in [2.45, 2.75) is 33.2 Å². The van der Waals surface area contributed by atoms with Crippen LogP contribution >= 0.6 is 0 Å². The van der Waals surface area contributed by atoms with Crippen LogP contribution in [0.15, 0.2) is 18.2 Å². The molecule has 0 saturated carbocycles. The zero-order valence-electron chi connectivity index (χ0n) is 11.6. The third-order valence-electron chi connectivity index (χ3n) is 3.86. The number of piperidine rings is 1. The SMILES string of the molecule is COc1ccc(CN2CCC(C)(C)CC2)cc1O. The Hall–Kier alpha value is -1.22. The van der Waals surface area contributed by atoms with Crippen LogP contribution in [0.25, 0.3) is 0 Å². The molecule has 3 heteroatoms. The molecule has 0 unspecified atom stereocenters. The minimum absolute atomic E-state index is 0.229. The molecule has 1 aromatic carbocycles. The smallest absolute Gasteiger partial charge is 0.160 e. The topological polar surface area (TPSA) is 32.7 Å². The quantitative estimate of drug-likeness (QED) is 0.893. The van der Waals surface area contributed by atoms with E-state index in [4.69, 9.17) is 4.74 Å². The Morgan fingerprint density at radius 2 is 1.94 bits per heavy atom. The molecular formula is C15H23NO2. The van der Waals surface area contributed by atoms with Crippen LogP contribution in [0.1, 0.15) is 32.3 Å². The lowest BCUT2D eigenvalue weighted by Gasteiger charge is -2.36. The third kappa shape index (κ3) is 3.16. The minimum atomic E-state index is 0.229. The van der Waals surface area contributed by atoms with Crippen LogP contribution in [0.2, 0.25) is 0 Å². The van der Waals surface area contributed by atoms with Crippen LogP contribution in [0.4, 0.5) is 0 Å². The molecule has 3 nitrogen and oxygen atoms in total. The van der Waals surface area contributed by atoms with Crippen molar-refractivity contribution in [1.29, 1.82) is 0 Å². The second-order valence-corrected chi connectivity index (χ2v) is 5.95. The Kier molecular flexibility index (Phi) is 3.81. The number of phenolic OH excluding ortho intramolecular Hbond substituents is 1. The van der Waals surface area contributed by atoms with E-state index in [0.717, 1.165) is 25.2 Å². The Labute approximate surface area is 109 Å². The summed E-state index contributed by atoms with van der Waals surface area (Å²) in [4.78, 5) is 2.45. The number of hydrogen-bond donors (Lipinski definition) is 1. The number of benzene rings is 1. The van der Waals surface area contributed by atoms with Crippen LogP contribution in [0.5, 0.6) is 11.5 Å². The lowest BCUT2D eigenvalue weighted by atomic mass is 9.82. The molecule has 18 heavy (non-hydrogen) atoms. The predicted molar refractivity (Wildman–Crippen MR) is 73.0 cm³/mol. The summed E-state index contributed by atoms with van der Waals surface area (Å²) in [6.45, 7) is 7.86. The van der Waals surface area contributed by atoms with E-state index < -0.39 is 0 Å². The molecule has 1 fully saturated rings. The molecular weight excluding hydrogens is 226 g/mol. The highest BCUT2D eigenvalue weighted by atomic mass is 16.5. The second kappa shape index (κ2) is 5.19. The molecule has 0 spiro atoms. The number of ether oxygens (including phenoxy) is 1. The molecule has 1 aliphatic rings. The summed E-state index contributed by atoms with van der Waals surface area (Å²) in [5.41, 5.74) is 1.63. The van der Waals surface area contributed by atoms with Gasteiger partial charge in [-0.25, -0.2) is 0 Å². The van der Waals surface area contributed by atoms with Gasteiger partial charge in [0.15, 0.2) is 11.5 Å². The fraction of sp³-hybridized carbons (Fsp3) is 0.600. The number of likely N-dealkylation sites (tertiary alicyclic amines) is 1. The molecule has 1 aromatic rings. The van der Waals surface area contributed by atoms with Crippen LogP contribution in [0, 0.1) is 5.41 Å². The molecule has 0 atom stereocenters. The van der Waals surface area contributed by atoms with Gasteiger partial charge in [0.2, 0.25) is 0 Å². The molecule has 0 bridgehead atoms. The van der Waals surface area contributed by atoms with Gasteiger partial charge in [-0.3, -0.25) is 4.90 Å². The highest BCUT2D eigenvalue weighted by Gasteiger charge is 2.25. The Morgan fingerprint density at radius 1 is 1.28 bits per heavy atom. The van der Waals surface area contributed by atoms with Gasteiger partial charge in [0.25, 0.3) is 0 Å². The van der Waals surface area contributed by atoms with E-state index in [1.54, 1.807) is 13.2 Å². The first-order valence-electron chi connectivity index (χ1n) is 6.58. The largest absolute Gasteiger partial charge is 0.504 e. The third-order valence-corrected chi connectivity index (χ3v) is 3.86. The van der Waals surface area contributed by atoms with Crippen molar-refractivity contribution < 1.29 is 9.84 Å². The summed E-state index contributed by atoms with van der Waals surface area (Å²) < 4.78 is 5.05. The number of methoxy groups -OCH3 is 1. The summed E-state index contributed by atoms with van der Waals surface area (Å²) in [7, 11) is 1.57. The number of aromatic hydroxyl groups is 1. The normalized spacial score (nSPS) is 19.7. The number of rotatable bonds is 3. The average molecular weight is 249 g/mol. The molecule has 0 radical (unpaired) electrons. The van der Waals surface area contributed by atoms with Gasteiger partial charge in [0.1, 0.15) is 0 Å². The van der Waals surface area contributed by atoms with Gasteiger partial charge < -0.3 is 9.84 Å². The lowest BCUT2D eigenvalue weighted by molar-refractivity contribution is 0.127. The van der Waals surface area contributed by atoms with Crippen molar-refractivity contribution in [3.63, 3.8) is 0 Å². The second-order valence-electron chi connectivity index (χ2n) is 5.95. The maximum absolute atomic E-state index is 9.76. The van der Waals surface area contributed by atoms with Gasteiger partial charge >= 0.3 is 0 Å². The molecule has 0 amide bonds. The standard InChI is InChI=1S/C15H23NO2/c1-15(2)6-8-16(9-7-15)11-12-4-5-14(18-3)13(17)10-12/h4-5,10,17H,6-9,11H2,1-3H3. The highest BCUT2D eigenvalue weighted by molar-refractivity contribution is 5.41. The van der Waals surface area contributed by atoms with E-state index in [1.807, 2.05) is 12.1 Å². The van der Waals surface area contributed by atoms with Gasteiger partial charge in [-0.2, -0.15) is 0 Å². The Balaban J connectivity index is 1.96. The molecule has 1 heterocycles. The maximum atomic E-state index is 9.76. The summed E-state index contributed by atoms with van der Waals surface area (Å²) in [5.74, 6) is 0.769. The van der Waals surface area contributed by atoms with Gasteiger partial charge in [-0.05, 0) is 49.0 Å². The molecule has 1 N–H and O–H groups in total. The summed E-state index contributed by atoms with van der Waals surface area (Å²) >= 11 is 0. The number of nitrogens with zero attached hydrogens (tertiary/aromatic N) is 1. The summed E-state index contributed by atoms with van der Waals surface area (Å²) in [6, 6.07) is 5.66.